The lowest BCUT2D eigenvalue weighted by Gasteiger charge is -2.21. The number of aliphatic carboxylic acids is 1. The van der Waals surface area contributed by atoms with Gasteiger partial charge in [-0.3, -0.25) is 9.78 Å². The van der Waals surface area contributed by atoms with Crippen molar-refractivity contribution in [1.29, 1.82) is 0 Å². The number of hydrogen-bond donors (Lipinski definition) is 1. The number of carbonyl (C=O) groups excluding carboxylic acids is 1. The Morgan fingerprint density at radius 2 is 1.88 bits per heavy atom. The number of benzene rings is 1. The lowest BCUT2D eigenvalue weighted by molar-refractivity contribution is -0.141. The average Bonchev–Trinajstić information content (AvgIpc) is 3.11. The van der Waals surface area contributed by atoms with Crippen LogP contribution in [0.4, 0.5) is 0 Å². The maximum absolute atomic E-state index is 12.5. The second-order valence-electron chi connectivity index (χ2n) is 5.66. The van der Waals surface area contributed by atoms with Gasteiger partial charge in [-0.25, -0.2) is 4.79 Å². The smallest absolute Gasteiger partial charge is 0.326 e. The minimum Gasteiger partial charge on any atom is -0.489 e. The number of carbonyl (C=O) groups is 2. The van der Waals surface area contributed by atoms with Crippen molar-refractivity contribution in [3.8, 4) is 5.75 Å². The fraction of sp³-hybridized carbons (Fsp3) is 0.278. The van der Waals surface area contributed by atoms with Crippen LogP contribution in [0.5, 0.6) is 5.75 Å². The van der Waals surface area contributed by atoms with Crippen molar-refractivity contribution in [3.05, 3.63) is 59.9 Å². The van der Waals surface area contributed by atoms with E-state index in [2.05, 4.69) is 4.98 Å². The van der Waals surface area contributed by atoms with E-state index in [1.165, 1.54) is 4.90 Å². The summed E-state index contributed by atoms with van der Waals surface area (Å²) in [6.07, 6.45) is 4.63. The fourth-order valence-corrected chi connectivity index (χ4v) is 2.77. The van der Waals surface area contributed by atoms with Gasteiger partial charge in [0, 0.05) is 24.5 Å². The van der Waals surface area contributed by atoms with Gasteiger partial charge in [-0.2, -0.15) is 0 Å². The SMILES string of the molecule is O=C(O)C1CCCN1C(=O)c1ccc(OCc2ccncc2)cc1. The molecule has 2 aromatic rings. The van der Waals surface area contributed by atoms with Crippen molar-refractivity contribution in [2.45, 2.75) is 25.5 Å². The average molecular weight is 326 g/mol. The van der Waals surface area contributed by atoms with Crippen molar-refractivity contribution < 1.29 is 19.4 Å². The van der Waals surface area contributed by atoms with Crippen molar-refractivity contribution in [2.75, 3.05) is 6.54 Å². The highest BCUT2D eigenvalue weighted by molar-refractivity contribution is 5.97. The predicted molar refractivity (Wildman–Crippen MR) is 86.7 cm³/mol. The summed E-state index contributed by atoms with van der Waals surface area (Å²) in [4.78, 5) is 29.0. The molecular weight excluding hydrogens is 308 g/mol. The number of carboxylic acid groups (broad SMARTS) is 1. The standard InChI is InChI=1S/C18H18N2O4/c21-17(20-11-1-2-16(20)18(22)23)14-3-5-15(6-4-14)24-12-13-7-9-19-10-8-13/h3-10,16H,1-2,11-12H2,(H,22,23). The van der Waals surface area contributed by atoms with E-state index in [1.807, 2.05) is 12.1 Å². The third kappa shape index (κ3) is 3.53. The second-order valence-corrected chi connectivity index (χ2v) is 5.66. The molecule has 0 spiro atoms. The molecule has 3 rings (SSSR count). The van der Waals surface area contributed by atoms with Crippen LogP contribution in [0, 0.1) is 0 Å². The molecule has 0 bridgehead atoms. The van der Waals surface area contributed by atoms with Gasteiger partial charge in [0.15, 0.2) is 0 Å². The molecule has 1 saturated heterocycles. The molecule has 24 heavy (non-hydrogen) atoms. The summed E-state index contributed by atoms with van der Waals surface area (Å²) in [7, 11) is 0. The molecule has 1 amide bonds. The van der Waals surface area contributed by atoms with Crippen LogP contribution < -0.4 is 4.74 Å². The first-order valence-electron chi connectivity index (χ1n) is 7.80. The van der Waals surface area contributed by atoms with Crippen LogP contribution in [-0.4, -0.2) is 39.5 Å². The lowest BCUT2D eigenvalue weighted by Crippen LogP contribution is -2.40. The minimum absolute atomic E-state index is 0.249. The zero-order valence-electron chi connectivity index (χ0n) is 13.1. The summed E-state index contributed by atoms with van der Waals surface area (Å²) < 4.78 is 5.66. The Morgan fingerprint density at radius 1 is 1.17 bits per heavy atom. The van der Waals surface area contributed by atoms with E-state index in [-0.39, 0.29) is 5.91 Å². The first-order chi connectivity index (χ1) is 11.6. The van der Waals surface area contributed by atoms with Crippen LogP contribution in [0.1, 0.15) is 28.8 Å². The first-order valence-corrected chi connectivity index (χ1v) is 7.80. The van der Waals surface area contributed by atoms with Gasteiger partial charge in [0.05, 0.1) is 0 Å². The maximum Gasteiger partial charge on any atom is 0.326 e. The molecule has 1 N–H and O–H groups in total. The monoisotopic (exact) mass is 326 g/mol. The van der Waals surface area contributed by atoms with Gasteiger partial charge in [0.2, 0.25) is 0 Å². The molecule has 124 valence electrons. The molecule has 1 aliphatic heterocycles. The number of carboxylic acids is 1. The van der Waals surface area contributed by atoms with E-state index in [9.17, 15) is 14.7 Å². The Kier molecular flexibility index (Phi) is 4.74. The molecule has 1 aromatic heterocycles. The van der Waals surface area contributed by atoms with Gasteiger partial charge < -0.3 is 14.7 Å². The Balaban J connectivity index is 1.63. The van der Waals surface area contributed by atoms with Gasteiger partial charge in [0.1, 0.15) is 18.4 Å². The van der Waals surface area contributed by atoms with E-state index in [0.29, 0.717) is 30.9 Å². The number of aromatic nitrogens is 1. The first kappa shape index (κ1) is 16.0. The predicted octanol–water partition coefficient (Wildman–Crippen LogP) is 2.35. The molecule has 1 fully saturated rings. The van der Waals surface area contributed by atoms with Gasteiger partial charge in [-0.05, 0) is 54.8 Å². The zero-order chi connectivity index (χ0) is 16.9. The summed E-state index contributed by atoms with van der Waals surface area (Å²) in [5.41, 5.74) is 1.48. The molecule has 1 unspecified atom stereocenters. The van der Waals surface area contributed by atoms with Crippen molar-refractivity contribution in [2.24, 2.45) is 0 Å². The highest BCUT2D eigenvalue weighted by Crippen LogP contribution is 2.22. The molecule has 2 heterocycles. The zero-order valence-corrected chi connectivity index (χ0v) is 13.1. The number of rotatable bonds is 5. The molecule has 0 aliphatic carbocycles. The van der Waals surface area contributed by atoms with Crippen LogP contribution in [-0.2, 0) is 11.4 Å². The molecule has 1 atom stereocenters. The van der Waals surface area contributed by atoms with Gasteiger partial charge in [-0.1, -0.05) is 0 Å². The normalized spacial score (nSPS) is 16.8. The Morgan fingerprint density at radius 3 is 2.54 bits per heavy atom. The fourth-order valence-electron chi connectivity index (χ4n) is 2.77. The maximum atomic E-state index is 12.5. The van der Waals surface area contributed by atoms with Crippen LogP contribution in [0.2, 0.25) is 0 Å². The summed E-state index contributed by atoms with van der Waals surface area (Å²) in [5.74, 6) is -0.543. The molecule has 1 aliphatic rings. The lowest BCUT2D eigenvalue weighted by atomic mass is 10.1. The molecule has 0 radical (unpaired) electrons. The van der Waals surface area contributed by atoms with Crippen LogP contribution in [0.25, 0.3) is 0 Å². The minimum atomic E-state index is -0.946. The molecular formula is C18H18N2O4. The number of nitrogens with zero attached hydrogens (tertiary/aromatic N) is 2. The van der Waals surface area contributed by atoms with E-state index in [4.69, 9.17) is 4.74 Å². The molecule has 6 heteroatoms. The van der Waals surface area contributed by atoms with Crippen LogP contribution >= 0.6 is 0 Å². The van der Waals surface area contributed by atoms with Gasteiger partial charge >= 0.3 is 5.97 Å². The number of likely N-dealkylation sites (tertiary alicyclic amines) is 1. The van der Waals surface area contributed by atoms with Gasteiger partial charge in [0.25, 0.3) is 5.91 Å². The van der Waals surface area contributed by atoms with E-state index >= 15 is 0 Å². The highest BCUT2D eigenvalue weighted by Gasteiger charge is 2.34. The highest BCUT2D eigenvalue weighted by atomic mass is 16.5. The van der Waals surface area contributed by atoms with Crippen molar-refractivity contribution in [1.82, 2.24) is 9.88 Å². The van der Waals surface area contributed by atoms with Crippen molar-refractivity contribution in [3.63, 3.8) is 0 Å². The van der Waals surface area contributed by atoms with Crippen LogP contribution in [0.15, 0.2) is 48.8 Å². The quantitative estimate of drug-likeness (QED) is 0.912. The second kappa shape index (κ2) is 7.12. The summed E-state index contributed by atoms with van der Waals surface area (Å²) in [6, 6.07) is 9.80. The Labute approximate surface area is 139 Å². The van der Waals surface area contributed by atoms with Crippen LogP contribution in [0.3, 0.4) is 0 Å². The summed E-state index contributed by atoms with van der Waals surface area (Å²) >= 11 is 0. The van der Waals surface area contributed by atoms with E-state index in [0.717, 1.165) is 12.0 Å². The Hall–Kier alpha value is -2.89. The number of amides is 1. The summed E-state index contributed by atoms with van der Waals surface area (Å²) in [5, 5.41) is 9.18. The number of ether oxygens (including phenoxy) is 1. The third-order valence-corrected chi connectivity index (χ3v) is 4.05. The van der Waals surface area contributed by atoms with E-state index in [1.54, 1.807) is 36.7 Å². The largest absolute Gasteiger partial charge is 0.489 e. The van der Waals surface area contributed by atoms with E-state index < -0.39 is 12.0 Å². The summed E-state index contributed by atoms with van der Waals surface area (Å²) in [6.45, 7) is 0.902. The Bertz CT molecular complexity index is 716. The number of hydrogen-bond acceptors (Lipinski definition) is 4. The third-order valence-electron chi connectivity index (χ3n) is 4.05. The molecule has 1 aromatic carbocycles. The molecule has 0 saturated carbocycles. The molecule has 6 nitrogen and oxygen atoms in total. The topological polar surface area (TPSA) is 79.7 Å². The number of pyridine rings is 1. The van der Waals surface area contributed by atoms with Gasteiger partial charge in [-0.15, -0.1) is 0 Å². The van der Waals surface area contributed by atoms with Crippen molar-refractivity contribution >= 4 is 11.9 Å².